The van der Waals surface area contributed by atoms with E-state index in [1.54, 1.807) is 0 Å². The molecule has 11 heavy (non-hydrogen) atoms. The quantitative estimate of drug-likeness (QED) is 0.603. The molecule has 2 aliphatic rings. The van der Waals surface area contributed by atoms with E-state index in [2.05, 4.69) is 24.3 Å². The van der Waals surface area contributed by atoms with Crippen molar-refractivity contribution in [3.05, 3.63) is 48.6 Å². The normalized spacial score (nSPS) is 16.0. The predicted molar refractivity (Wildman–Crippen MR) is 43.1 cm³/mol. The third-order valence-electron chi connectivity index (χ3n) is 1.17. The molecule has 0 N–H and O–H groups in total. The number of hydrogen-bond acceptors (Lipinski definition) is 0. The van der Waals surface area contributed by atoms with Crippen molar-refractivity contribution in [2.24, 2.45) is 0 Å². The standard InChI is InChI=1S/2C5H5.W/c2*1-2-4-5-3-1;/h2*1-3H,4H2;/q2*-1;+2. The maximum Gasteiger partial charge on any atom is 2.00 e. The summed E-state index contributed by atoms with van der Waals surface area (Å²) >= 11 is 0. The second kappa shape index (κ2) is 7.75. The van der Waals surface area contributed by atoms with Gasteiger partial charge in [-0.3, -0.25) is 12.2 Å². The van der Waals surface area contributed by atoms with Crippen LogP contribution in [0.1, 0.15) is 12.8 Å². The largest absolute Gasteiger partial charge is 2.00 e. The summed E-state index contributed by atoms with van der Waals surface area (Å²) in [7, 11) is 0. The van der Waals surface area contributed by atoms with Gasteiger partial charge in [0.1, 0.15) is 0 Å². The van der Waals surface area contributed by atoms with E-state index < -0.39 is 0 Å². The third kappa shape index (κ3) is 6.06. The number of allylic oxidation sites excluding steroid dienone is 8. The molecular formula is C10H10W. The molecule has 0 nitrogen and oxygen atoms in total. The van der Waals surface area contributed by atoms with Crippen molar-refractivity contribution in [2.75, 3.05) is 0 Å². The second-order valence-corrected chi connectivity index (χ2v) is 2.01. The van der Waals surface area contributed by atoms with Gasteiger partial charge in [-0.25, -0.2) is 24.3 Å². The topological polar surface area (TPSA) is 0 Å². The Labute approximate surface area is 82.6 Å². The SMILES string of the molecule is [C-]1=CC=CC1.[C-]1=CC=CC1.[W+2]. The zero-order chi connectivity index (χ0) is 7.07. The Bertz CT molecular complexity index is 143. The molecule has 0 aliphatic heterocycles. The Morgan fingerprint density at radius 1 is 0.818 bits per heavy atom. The van der Waals surface area contributed by atoms with Crippen LogP contribution in [0.15, 0.2) is 36.5 Å². The summed E-state index contributed by atoms with van der Waals surface area (Å²) in [5.74, 6) is 0. The summed E-state index contributed by atoms with van der Waals surface area (Å²) in [5, 5.41) is 0. The maximum absolute atomic E-state index is 2.99. The fourth-order valence-corrected chi connectivity index (χ4v) is 0.680. The fourth-order valence-electron chi connectivity index (χ4n) is 0.680. The molecule has 0 atom stereocenters. The van der Waals surface area contributed by atoms with Gasteiger partial charge >= 0.3 is 21.1 Å². The fraction of sp³-hybridized carbons (Fsp3) is 0.200. The summed E-state index contributed by atoms with van der Waals surface area (Å²) in [5.41, 5.74) is 0. The minimum Gasteiger partial charge on any atom is -0.273 e. The summed E-state index contributed by atoms with van der Waals surface area (Å²) in [6.07, 6.45) is 20.0. The van der Waals surface area contributed by atoms with Gasteiger partial charge < -0.3 is 0 Å². The summed E-state index contributed by atoms with van der Waals surface area (Å²) < 4.78 is 0. The predicted octanol–water partition coefficient (Wildman–Crippen LogP) is 2.61. The molecule has 56 valence electrons. The molecule has 0 aromatic carbocycles. The number of rotatable bonds is 0. The molecule has 1 heteroatoms. The molecule has 0 unspecified atom stereocenters. The summed E-state index contributed by atoms with van der Waals surface area (Å²) in [6.45, 7) is 0. The minimum atomic E-state index is 0. The van der Waals surface area contributed by atoms with Crippen LogP contribution < -0.4 is 0 Å². The molecule has 0 spiro atoms. The van der Waals surface area contributed by atoms with Gasteiger partial charge in [-0.2, -0.15) is 12.2 Å². The average molecular weight is 314 g/mol. The molecule has 0 saturated carbocycles. The van der Waals surface area contributed by atoms with Crippen molar-refractivity contribution >= 4 is 0 Å². The second-order valence-electron chi connectivity index (χ2n) is 2.01. The molecule has 2 aliphatic carbocycles. The first-order chi connectivity index (χ1) is 5.00. The van der Waals surface area contributed by atoms with Crippen LogP contribution in [0, 0.1) is 12.2 Å². The van der Waals surface area contributed by atoms with E-state index >= 15 is 0 Å². The van der Waals surface area contributed by atoms with Crippen molar-refractivity contribution in [1.82, 2.24) is 0 Å². The molecule has 0 saturated heterocycles. The zero-order valence-electron chi connectivity index (χ0n) is 6.29. The summed E-state index contributed by atoms with van der Waals surface area (Å²) in [6, 6.07) is 0. The Kier molecular flexibility index (Phi) is 7.50. The van der Waals surface area contributed by atoms with Gasteiger partial charge in [-0.05, 0) is 0 Å². The van der Waals surface area contributed by atoms with Crippen molar-refractivity contribution in [3.63, 3.8) is 0 Å². The Morgan fingerprint density at radius 3 is 1.36 bits per heavy atom. The average Bonchev–Trinajstić information content (AvgIpc) is 2.67. The number of hydrogen-bond donors (Lipinski definition) is 0. The van der Waals surface area contributed by atoms with Gasteiger partial charge in [0, 0.05) is 0 Å². The van der Waals surface area contributed by atoms with Crippen LogP contribution in [-0.2, 0) is 21.1 Å². The summed E-state index contributed by atoms with van der Waals surface area (Å²) in [4.78, 5) is 0. The van der Waals surface area contributed by atoms with Crippen LogP contribution in [0.25, 0.3) is 0 Å². The van der Waals surface area contributed by atoms with Crippen molar-refractivity contribution in [3.8, 4) is 0 Å². The molecule has 2 rings (SSSR count). The van der Waals surface area contributed by atoms with E-state index in [-0.39, 0.29) is 21.1 Å². The van der Waals surface area contributed by atoms with Crippen molar-refractivity contribution in [2.45, 2.75) is 12.8 Å². The van der Waals surface area contributed by atoms with E-state index in [1.807, 2.05) is 24.3 Å². The third-order valence-corrected chi connectivity index (χ3v) is 1.17. The smallest absolute Gasteiger partial charge is 0.273 e. The Balaban J connectivity index is 0.000000167. The Hall–Kier alpha value is -0.352. The van der Waals surface area contributed by atoms with Crippen LogP contribution >= 0.6 is 0 Å². The van der Waals surface area contributed by atoms with E-state index in [4.69, 9.17) is 0 Å². The van der Waals surface area contributed by atoms with Crippen LogP contribution in [0.3, 0.4) is 0 Å². The van der Waals surface area contributed by atoms with Crippen molar-refractivity contribution in [1.29, 1.82) is 0 Å². The molecular weight excluding hydrogens is 304 g/mol. The van der Waals surface area contributed by atoms with Crippen LogP contribution in [0.2, 0.25) is 0 Å². The van der Waals surface area contributed by atoms with Gasteiger partial charge in [0.15, 0.2) is 0 Å². The molecule has 0 bridgehead atoms. The van der Waals surface area contributed by atoms with E-state index in [0.717, 1.165) is 12.8 Å². The van der Waals surface area contributed by atoms with Gasteiger partial charge in [0.25, 0.3) is 0 Å². The van der Waals surface area contributed by atoms with Gasteiger partial charge in [0.05, 0.1) is 0 Å². The molecule has 0 amide bonds. The first-order valence-electron chi connectivity index (χ1n) is 3.43. The molecule has 0 heterocycles. The zero-order valence-corrected chi connectivity index (χ0v) is 9.22. The molecule has 0 aromatic heterocycles. The minimum absolute atomic E-state index is 0. The van der Waals surface area contributed by atoms with E-state index in [9.17, 15) is 0 Å². The maximum atomic E-state index is 2.99. The first-order valence-corrected chi connectivity index (χ1v) is 3.43. The monoisotopic (exact) mass is 314 g/mol. The first kappa shape index (κ1) is 10.6. The van der Waals surface area contributed by atoms with Gasteiger partial charge in [-0.1, -0.05) is 0 Å². The molecule has 0 aromatic rings. The molecule has 0 radical (unpaired) electrons. The van der Waals surface area contributed by atoms with Crippen molar-refractivity contribution < 1.29 is 21.1 Å². The van der Waals surface area contributed by atoms with Crippen LogP contribution in [-0.4, -0.2) is 0 Å². The molecule has 0 fully saturated rings. The van der Waals surface area contributed by atoms with E-state index in [0.29, 0.717) is 0 Å². The van der Waals surface area contributed by atoms with Gasteiger partial charge in [-0.15, -0.1) is 12.8 Å². The van der Waals surface area contributed by atoms with Crippen LogP contribution in [0.4, 0.5) is 0 Å². The van der Waals surface area contributed by atoms with Crippen LogP contribution in [0.5, 0.6) is 0 Å². The van der Waals surface area contributed by atoms with Gasteiger partial charge in [0.2, 0.25) is 0 Å². The Morgan fingerprint density at radius 2 is 1.27 bits per heavy atom. The van der Waals surface area contributed by atoms with E-state index in [1.165, 1.54) is 0 Å².